The first kappa shape index (κ1) is 17.3. The van der Waals surface area contributed by atoms with Crippen molar-refractivity contribution in [1.82, 2.24) is 19.6 Å². The third-order valence-electron chi connectivity index (χ3n) is 4.09. The fraction of sp³-hybridized carbons (Fsp3) is 0.158. The lowest BCUT2D eigenvalue weighted by Crippen LogP contribution is -2.12. The number of carbonyl (C=O) groups excluding carboxylic acids is 1. The van der Waals surface area contributed by atoms with Crippen molar-refractivity contribution >= 4 is 28.0 Å². The lowest BCUT2D eigenvalue weighted by molar-refractivity contribution is 0.102. The first-order chi connectivity index (χ1) is 13.0. The van der Waals surface area contributed by atoms with Gasteiger partial charge in [0.15, 0.2) is 10.8 Å². The summed E-state index contributed by atoms with van der Waals surface area (Å²) in [4.78, 5) is 22.3. The molecule has 1 N–H and O–H groups in total. The molecule has 4 rings (SSSR count). The number of hydrogen-bond donors (Lipinski definition) is 1. The summed E-state index contributed by atoms with van der Waals surface area (Å²) < 4.78 is 14.6. The third-order valence-corrected chi connectivity index (χ3v) is 5.00. The maximum absolute atomic E-state index is 13.0. The first-order valence-electron chi connectivity index (χ1n) is 8.32. The van der Waals surface area contributed by atoms with Gasteiger partial charge in [0.2, 0.25) is 0 Å². The molecule has 3 heterocycles. The summed E-state index contributed by atoms with van der Waals surface area (Å²) in [5.41, 5.74) is 3.64. The van der Waals surface area contributed by atoms with Gasteiger partial charge in [-0.1, -0.05) is 12.1 Å². The number of benzene rings is 1. The summed E-state index contributed by atoms with van der Waals surface area (Å²) in [6.45, 7) is 3.79. The Labute approximate surface area is 158 Å². The van der Waals surface area contributed by atoms with Crippen LogP contribution in [-0.2, 0) is 6.42 Å². The molecule has 0 saturated heterocycles. The highest BCUT2D eigenvalue weighted by Crippen LogP contribution is 2.22. The van der Waals surface area contributed by atoms with E-state index in [0.29, 0.717) is 22.8 Å². The molecule has 136 valence electrons. The quantitative estimate of drug-likeness (QED) is 0.584. The number of nitrogens with zero attached hydrogens (tertiary/aromatic N) is 4. The second-order valence-electron chi connectivity index (χ2n) is 6.22. The molecule has 4 aromatic rings. The van der Waals surface area contributed by atoms with E-state index in [2.05, 4.69) is 20.4 Å². The number of amides is 1. The van der Waals surface area contributed by atoms with Gasteiger partial charge in [0.25, 0.3) is 5.91 Å². The lowest BCUT2D eigenvalue weighted by atomic mass is 10.1. The van der Waals surface area contributed by atoms with Crippen LogP contribution in [0.25, 0.3) is 5.65 Å². The van der Waals surface area contributed by atoms with E-state index in [1.165, 1.54) is 29.7 Å². The van der Waals surface area contributed by atoms with Crippen molar-refractivity contribution in [2.75, 3.05) is 5.32 Å². The summed E-state index contributed by atoms with van der Waals surface area (Å²) in [5.74, 6) is -0.561. The number of fused-ring (bicyclic) bond motifs is 1. The highest BCUT2D eigenvalue weighted by molar-refractivity contribution is 7.15. The van der Waals surface area contributed by atoms with E-state index in [4.69, 9.17) is 0 Å². The number of anilines is 1. The molecule has 0 spiro atoms. The minimum absolute atomic E-state index is 0.261. The normalized spacial score (nSPS) is 11.1. The third kappa shape index (κ3) is 3.56. The number of nitrogens with one attached hydrogen (secondary N) is 1. The van der Waals surface area contributed by atoms with Crippen molar-refractivity contribution in [3.05, 3.63) is 75.9 Å². The van der Waals surface area contributed by atoms with Crippen molar-refractivity contribution in [2.24, 2.45) is 0 Å². The van der Waals surface area contributed by atoms with Gasteiger partial charge >= 0.3 is 0 Å². The van der Waals surface area contributed by atoms with Crippen LogP contribution in [0.1, 0.15) is 32.2 Å². The van der Waals surface area contributed by atoms with E-state index >= 15 is 0 Å². The Hall–Kier alpha value is -3.13. The van der Waals surface area contributed by atoms with E-state index < -0.39 is 0 Å². The fourth-order valence-corrected chi connectivity index (χ4v) is 3.69. The molecule has 0 unspecified atom stereocenters. The number of aryl methyl sites for hydroxylation is 2. The van der Waals surface area contributed by atoms with Crippen LogP contribution in [-0.4, -0.2) is 25.5 Å². The zero-order valence-corrected chi connectivity index (χ0v) is 15.5. The van der Waals surface area contributed by atoms with E-state index in [1.54, 1.807) is 22.8 Å². The van der Waals surface area contributed by atoms with Crippen molar-refractivity contribution in [3.63, 3.8) is 0 Å². The fourth-order valence-electron chi connectivity index (χ4n) is 2.85. The largest absolute Gasteiger partial charge is 0.298 e. The lowest BCUT2D eigenvalue weighted by Gasteiger charge is -2.02. The van der Waals surface area contributed by atoms with Gasteiger partial charge in [-0.15, -0.1) is 11.3 Å². The Morgan fingerprint density at radius 2 is 2.00 bits per heavy atom. The van der Waals surface area contributed by atoms with Crippen molar-refractivity contribution in [2.45, 2.75) is 20.3 Å². The van der Waals surface area contributed by atoms with Crippen LogP contribution in [0.15, 0.2) is 42.7 Å². The van der Waals surface area contributed by atoms with E-state index in [-0.39, 0.29) is 11.7 Å². The Morgan fingerprint density at radius 1 is 1.22 bits per heavy atom. The average Bonchev–Trinajstić information content (AvgIpc) is 3.24. The Morgan fingerprint density at radius 3 is 2.78 bits per heavy atom. The number of thiazole rings is 1. The van der Waals surface area contributed by atoms with Crippen LogP contribution < -0.4 is 5.32 Å². The molecule has 27 heavy (non-hydrogen) atoms. The number of carbonyl (C=O) groups is 1. The van der Waals surface area contributed by atoms with Crippen molar-refractivity contribution < 1.29 is 9.18 Å². The number of rotatable bonds is 4. The second-order valence-corrected chi connectivity index (χ2v) is 7.34. The van der Waals surface area contributed by atoms with Crippen LogP contribution in [0.3, 0.4) is 0 Å². The van der Waals surface area contributed by atoms with Crippen LogP contribution in [0.4, 0.5) is 9.52 Å². The average molecular weight is 381 g/mol. The molecular formula is C19H16FN5OS. The van der Waals surface area contributed by atoms with Gasteiger partial charge in [-0.05, 0) is 37.6 Å². The minimum Gasteiger partial charge on any atom is -0.298 e. The summed E-state index contributed by atoms with van der Waals surface area (Å²) in [7, 11) is 0. The summed E-state index contributed by atoms with van der Waals surface area (Å²) in [6.07, 6.45) is 3.86. The summed E-state index contributed by atoms with van der Waals surface area (Å²) in [6, 6.07) is 8.25. The molecular weight excluding hydrogens is 365 g/mol. The summed E-state index contributed by atoms with van der Waals surface area (Å²) >= 11 is 1.38. The second kappa shape index (κ2) is 6.88. The van der Waals surface area contributed by atoms with Gasteiger partial charge in [-0.25, -0.2) is 18.9 Å². The number of aromatic nitrogens is 4. The zero-order valence-electron chi connectivity index (χ0n) is 14.7. The highest BCUT2D eigenvalue weighted by Gasteiger charge is 2.17. The first-order valence-corrected chi connectivity index (χ1v) is 9.14. The van der Waals surface area contributed by atoms with Gasteiger partial charge in [-0.3, -0.25) is 10.1 Å². The topological polar surface area (TPSA) is 72.2 Å². The Balaban J connectivity index is 1.52. The smallest absolute Gasteiger partial charge is 0.262 e. The highest BCUT2D eigenvalue weighted by atomic mass is 32.1. The maximum Gasteiger partial charge on any atom is 0.262 e. The predicted octanol–water partition coefficient (Wildman–Crippen LogP) is 3.78. The maximum atomic E-state index is 13.0. The monoisotopic (exact) mass is 381 g/mol. The van der Waals surface area contributed by atoms with Crippen molar-refractivity contribution in [1.29, 1.82) is 0 Å². The molecule has 1 amide bonds. The molecule has 8 heteroatoms. The minimum atomic E-state index is -0.301. The standard InChI is InChI=1S/C19H16FN5OS/c1-11-7-12(2)25-17(23-11)16(10-22-25)18(26)24-19-21-9-15(27-19)8-13-3-5-14(20)6-4-13/h3-7,9-10H,8H2,1-2H3,(H,21,24,26). The Kier molecular flexibility index (Phi) is 4.41. The molecule has 0 radical (unpaired) electrons. The SMILES string of the molecule is Cc1cc(C)n2ncc(C(=O)Nc3ncc(Cc4ccc(F)cc4)s3)c2n1. The molecule has 3 aromatic heterocycles. The molecule has 0 aliphatic rings. The molecule has 0 bridgehead atoms. The van der Waals surface area contributed by atoms with Gasteiger partial charge in [0.1, 0.15) is 11.4 Å². The van der Waals surface area contributed by atoms with Gasteiger partial charge in [0.05, 0.1) is 6.20 Å². The Bertz CT molecular complexity index is 1130. The summed E-state index contributed by atoms with van der Waals surface area (Å²) in [5, 5.41) is 7.54. The predicted molar refractivity (Wildman–Crippen MR) is 102 cm³/mol. The van der Waals surface area contributed by atoms with Gasteiger partial charge < -0.3 is 0 Å². The molecule has 1 aromatic carbocycles. The van der Waals surface area contributed by atoms with Gasteiger partial charge in [0, 0.05) is 28.9 Å². The van der Waals surface area contributed by atoms with Crippen LogP contribution in [0, 0.1) is 19.7 Å². The number of hydrogen-bond acceptors (Lipinski definition) is 5. The van der Waals surface area contributed by atoms with E-state index in [9.17, 15) is 9.18 Å². The molecule has 0 aliphatic heterocycles. The molecule has 0 aliphatic carbocycles. The van der Waals surface area contributed by atoms with Crippen molar-refractivity contribution in [3.8, 4) is 0 Å². The van der Waals surface area contributed by atoms with E-state index in [0.717, 1.165) is 21.8 Å². The van der Waals surface area contributed by atoms with E-state index in [1.807, 2.05) is 19.9 Å². The van der Waals surface area contributed by atoms with Crippen LogP contribution in [0.2, 0.25) is 0 Å². The van der Waals surface area contributed by atoms with Gasteiger partial charge in [-0.2, -0.15) is 5.10 Å². The van der Waals surface area contributed by atoms with Crippen LogP contribution in [0.5, 0.6) is 0 Å². The molecule has 0 fully saturated rings. The van der Waals surface area contributed by atoms with Crippen LogP contribution >= 0.6 is 11.3 Å². The zero-order chi connectivity index (χ0) is 19.0. The molecule has 0 saturated carbocycles. The number of halogens is 1. The molecule has 0 atom stereocenters. The molecule has 6 nitrogen and oxygen atoms in total.